The van der Waals surface area contributed by atoms with Crippen molar-refractivity contribution in [3.05, 3.63) is 40.1 Å². The zero-order valence-electron chi connectivity index (χ0n) is 10.9. The first-order valence-electron chi connectivity index (χ1n) is 5.79. The van der Waals surface area contributed by atoms with Gasteiger partial charge >= 0.3 is 0 Å². The van der Waals surface area contributed by atoms with Crippen molar-refractivity contribution >= 4 is 27.0 Å². The van der Waals surface area contributed by atoms with Crippen LogP contribution in [0.15, 0.2) is 28.5 Å². The van der Waals surface area contributed by atoms with E-state index < -0.39 is 21.9 Å². The quantitative estimate of drug-likeness (QED) is 0.847. The Kier molecular flexibility index (Phi) is 4.07. The van der Waals surface area contributed by atoms with Crippen molar-refractivity contribution in [3.8, 4) is 0 Å². The molecule has 8 heteroatoms. The zero-order chi connectivity index (χ0) is 14.9. The van der Waals surface area contributed by atoms with Gasteiger partial charge in [0.05, 0.1) is 16.6 Å². The molecule has 0 spiro atoms. The molecule has 0 saturated carbocycles. The van der Waals surface area contributed by atoms with E-state index in [-0.39, 0.29) is 10.6 Å². The molecule has 0 aliphatic heterocycles. The Morgan fingerprint density at radius 1 is 1.45 bits per heavy atom. The van der Waals surface area contributed by atoms with E-state index >= 15 is 0 Å². The van der Waals surface area contributed by atoms with Crippen molar-refractivity contribution in [2.75, 3.05) is 5.73 Å². The van der Waals surface area contributed by atoms with E-state index in [9.17, 15) is 12.8 Å². The molecule has 0 bridgehead atoms. The van der Waals surface area contributed by atoms with Gasteiger partial charge in [0.25, 0.3) is 0 Å². The smallest absolute Gasteiger partial charge is 0.241 e. The van der Waals surface area contributed by atoms with Crippen LogP contribution < -0.4 is 10.5 Å². The van der Waals surface area contributed by atoms with Crippen LogP contribution >= 0.6 is 11.3 Å². The van der Waals surface area contributed by atoms with Crippen LogP contribution in [0.25, 0.3) is 0 Å². The second-order valence-electron chi connectivity index (χ2n) is 4.35. The highest BCUT2D eigenvalue weighted by Crippen LogP contribution is 2.22. The number of nitrogen functional groups attached to an aromatic ring is 1. The minimum absolute atomic E-state index is 0.0727. The molecule has 1 aromatic heterocycles. The van der Waals surface area contributed by atoms with E-state index in [1.54, 1.807) is 6.92 Å². The van der Waals surface area contributed by atoms with Crippen molar-refractivity contribution in [1.82, 2.24) is 9.71 Å². The van der Waals surface area contributed by atoms with E-state index in [4.69, 9.17) is 5.73 Å². The van der Waals surface area contributed by atoms with E-state index in [0.29, 0.717) is 5.01 Å². The number of nitrogens with two attached hydrogens (primary N) is 1. The number of aromatic nitrogens is 1. The summed E-state index contributed by atoms with van der Waals surface area (Å²) in [7, 11) is -3.77. The maximum atomic E-state index is 13.1. The number of nitrogens with zero attached hydrogens (tertiary/aromatic N) is 1. The number of nitrogens with one attached hydrogen (secondary N) is 1. The summed E-state index contributed by atoms with van der Waals surface area (Å²) in [5, 5.41) is 2.51. The Balaban J connectivity index is 2.24. The lowest BCUT2D eigenvalue weighted by Gasteiger charge is -2.12. The number of halogens is 1. The summed E-state index contributed by atoms with van der Waals surface area (Å²) in [6.07, 6.45) is 0. The average Bonchev–Trinajstić information content (AvgIpc) is 2.79. The number of sulfonamides is 1. The first-order chi connectivity index (χ1) is 9.29. The minimum atomic E-state index is -3.77. The number of thiazole rings is 1. The normalized spacial score (nSPS) is 13.3. The SMILES string of the molecule is Cc1csc(C(C)NS(=O)(=O)c2ccc(F)c(N)c2)n1. The van der Waals surface area contributed by atoms with Gasteiger partial charge in [0.15, 0.2) is 0 Å². The van der Waals surface area contributed by atoms with Crippen LogP contribution in [-0.2, 0) is 10.0 Å². The van der Waals surface area contributed by atoms with Crippen LogP contribution in [0.3, 0.4) is 0 Å². The highest BCUT2D eigenvalue weighted by Gasteiger charge is 2.20. The van der Waals surface area contributed by atoms with Crippen LogP contribution in [-0.4, -0.2) is 13.4 Å². The summed E-state index contributed by atoms with van der Waals surface area (Å²) in [4.78, 5) is 4.15. The number of anilines is 1. The molecule has 108 valence electrons. The Morgan fingerprint density at radius 3 is 2.70 bits per heavy atom. The van der Waals surface area contributed by atoms with Gasteiger partial charge in [-0.25, -0.2) is 22.5 Å². The lowest BCUT2D eigenvalue weighted by molar-refractivity contribution is 0.565. The van der Waals surface area contributed by atoms with Crippen molar-refractivity contribution in [1.29, 1.82) is 0 Å². The predicted octanol–water partition coefficient (Wildman–Crippen LogP) is 2.21. The van der Waals surface area contributed by atoms with E-state index in [2.05, 4.69) is 9.71 Å². The first-order valence-corrected chi connectivity index (χ1v) is 8.15. The molecule has 20 heavy (non-hydrogen) atoms. The fourth-order valence-electron chi connectivity index (χ4n) is 1.61. The Morgan fingerprint density at radius 2 is 2.15 bits per heavy atom. The molecule has 1 aromatic carbocycles. The maximum absolute atomic E-state index is 13.1. The number of hydrogen-bond acceptors (Lipinski definition) is 5. The highest BCUT2D eigenvalue weighted by molar-refractivity contribution is 7.89. The number of hydrogen-bond donors (Lipinski definition) is 2. The third kappa shape index (κ3) is 3.14. The van der Waals surface area contributed by atoms with E-state index in [1.165, 1.54) is 17.4 Å². The Labute approximate surface area is 120 Å². The predicted molar refractivity (Wildman–Crippen MR) is 76.4 cm³/mol. The molecule has 5 nitrogen and oxygen atoms in total. The molecule has 0 amide bonds. The molecule has 3 N–H and O–H groups in total. The highest BCUT2D eigenvalue weighted by atomic mass is 32.2. The van der Waals surface area contributed by atoms with Gasteiger partial charge in [-0.1, -0.05) is 0 Å². The van der Waals surface area contributed by atoms with E-state index in [1.807, 2.05) is 12.3 Å². The number of benzene rings is 1. The molecule has 0 saturated heterocycles. The molecule has 0 aliphatic carbocycles. The zero-order valence-corrected chi connectivity index (χ0v) is 12.6. The fraction of sp³-hybridized carbons (Fsp3) is 0.250. The molecule has 2 aromatic rings. The van der Waals surface area contributed by atoms with Gasteiger partial charge < -0.3 is 5.73 Å². The summed E-state index contributed by atoms with van der Waals surface area (Å²) >= 11 is 1.38. The average molecular weight is 315 g/mol. The summed E-state index contributed by atoms with van der Waals surface area (Å²) in [5.41, 5.74) is 6.02. The van der Waals surface area contributed by atoms with Gasteiger partial charge in [-0.2, -0.15) is 0 Å². The van der Waals surface area contributed by atoms with Gasteiger partial charge in [0.1, 0.15) is 10.8 Å². The third-order valence-electron chi connectivity index (χ3n) is 2.62. The summed E-state index contributed by atoms with van der Waals surface area (Å²) < 4.78 is 39.9. The summed E-state index contributed by atoms with van der Waals surface area (Å²) in [6, 6.07) is 2.83. The summed E-state index contributed by atoms with van der Waals surface area (Å²) in [5.74, 6) is -0.646. The molecule has 1 unspecified atom stereocenters. The Hall–Kier alpha value is -1.51. The summed E-state index contributed by atoms with van der Waals surface area (Å²) in [6.45, 7) is 3.53. The fourth-order valence-corrected chi connectivity index (χ4v) is 3.73. The minimum Gasteiger partial charge on any atom is -0.396 e. The lowest BCUT2D eigenvalue weighted by Crippen LogP contribution is -2.27. The second-order valence-corrected chi connectivity index (χ2v) is 6.96. The van der Waals surface area contributed by atoms with Gasteiger partial charge in [-0.15, -0.1) is 11.3 Å². The van der Waals surface area contributed by atoms with Crippen LogP contribution in [0.2, 0.25) is 0 Å². The molecule has 0 aliphatic rings. The van der Waals surface area contributed by atoms with Crippen molar-refractivity contribution in [2.45, 2.75) is 24.8 Å². The van der Waals surface area contributed by atoms with Gasteiger partial charge in [-0.3, -0.25) is 0 Å². The van der Waals surface area contributed by atoms with E-state index in [0.717, 1.165) is 17.8 Å². The lowest BCUT2D eigenvalue weighted by atomic mass is 10.3. The van der Waals surface area contributed by atoms with Gasteiger partial charge in [0.2, 0.25) is 10.0 Å². The van der Waals surface area contributed by atoms with Crippen LogP contribution in [0.5, 0.6) is 0 Å². The third-order valence-corrected chi connectivity index (χ3v) is 5.30. The molecular weight excluding hydrogens is 301 g/mol. The topological polar surface area (TPSA) is 85.1 Å². The molecule has 1 heterocycles. The second kappa shape index (κ2) is 5.47. The van der Waals surface area contributed by atoms with Crippen LogP contribution in [0.1, 0.15) is 23.7 Å². The molecule has 2 rings (SSSR count). The van der Waals surface area contributed by atoms with Crippen LogP contribution in [0, 0.1) is 12.7 Å². The largest absolute Gasteiger partial charge is 0.396 e. The number of aryl methyl sites for hydroxylation is 1. The van der Waals surface area contributed by atoms with Crippen molar-refractivity contribution in [2.24, 2.45) is 0 Å². The Bertz CT molecular complexity index is 728. The van der Waals surface area contributed by atoms with Crippen LogP contribution in [0.4, 0.5) is 10.1 Å². The molecule has 0 radical (unpaired) electrons. The van der Waals surface area contributed by atoms with Crippen molar-refractivity contribution in [3.63, 3.8) is 0 Å². The molecule has 1 atom stereocenters. The van der Waals surface area contributed by atoms with Gasteiger partial charge in [-0.05, 0) is 32.0 Å². The first kappa shape index (κ1) is 14.9. The standard InChI is InChI=1S/C12H14FN3O2S2/c1-7-6-19-12(15-7)8(2)16-20(17,18)9-3-4-10(13)11(14)5-9/h3-6,8,16H,14H2,1-2H3. The molecule has 0 fully saturated rings. The molecular formula is C12H14FN3O2S2. The van der Waals surface area contributed by atoms with Gasteiger partial charge in [0, 0.05) is 11.1 Å². The monoisotopic (exact) mass is 315 g/mol. The number of rotatable bonds is 4. The van der Waals surface area contributed by atoms with Crippen molar-refractivity contribution < 1.29 is 12.8 Å². The maximum Gasteiger partial charge on any atom is 0.241 e.